The number of carbonyl (C=O) groups excluding carboxylic acids is 1. The molecule has 0 fully saturated rings. The maximum atomic E-state index is 12.0. The highest BCUT2D eigenvalue weighted by Gasteiger charge is 2.14. The first-order chi connectivity index (χ1) is 11.5. The average Bonchev–Trinajstić information content (AvgIpc) is 2.98. The molecule has 0 saturated heterocycles. The van der Waals surface area contributed by atoms with E-state index in [4.69, 9.17) is 27.9 Å². The highest BCUT2D eigenvalue weighted by molar-refractivity contribution is 6.35. The number of benzene rings is 2. The van der Waals surface area contributed by atoms with Crippen LogP contribution in [0, 0.1) is 0 Å². The van der Waals surface area contributed by atoms with Gasteiger partial charge in [0.2, 0.25) is 0 Å². The lowest BCUT2D eigenvalue weighted by Crippen LogP contribution is -2.31. The molecule has 0 aliphatic carbocycles. The van der Waals surface area contributed by atoms with Gasteiger partial charge in [0.1, 0.15) is 11.6 Å². The monoisotopic (exact) mass is 363 g/mol. The second-order valence-corrected chi connectivity index (χ2v) is 6.14. The zero-order chi connectivity index (χ0) is 17.1. The molecule has 0 saturated carbocycles. The van der Waals surface area contributed by atoms with Crippen LogP contribution < -0.4 is 10.1 Å². The van der Waals surface area contributed by atoms with Gasteiger partial charge in [-0.1, -0.05) is 35.3 Å². The number of amides is 1. The van der Waals surface area contributed by atoms with E-state index in [1.54, 1.807) is 18.2 Å². The number of para-hydroxylation sites is 2. The van der Waals surface area contributed by atoms with Crippen molar-refractivity contribution in [3.63, 3.8) is 0 Å². The van der Waals surface area contributed by atoms with E-state index in [1.165, 1.54) is 0 Å². The Balaban J connectivity index is 1.59. The van der Waals surface area contributed by atoms with Crippen molar-refractivity contribution in [1.29, 1.82) is 0 Å². The topological polar surface area (TPSA) is 67.0 Å². The number of hydrogen-bond acceptors (Lipinski definition) is 3. The van der Waals surface area contributed by atoms with E-state index < -0.39 is 0 Å². The molecular weight excluding hydrogens is 349 g/mol. The fraction of sp³-hybridized carbons (Fsp3) is 0.176. The molecule has 1 aromatic heterocycles. The Labute approximate surface area is 148 Å². The molecule has 7 heteroatoms. The summed E-state index contributed by atoms with van der Waals surface area (Å²) < 4.78 is 5.42. The van der Waals surface area contributed by atoms with Crippen molar-refractivity contribution in [2.24, 2.45) is 0 Å². The van der Waals surface area contributed by atoms with Crippen LogP contribution >= 0.6 is 23.2 Å². The third-order valence-electron chi connectivity index (χ3n) is 3.45. The SMILES string of the molecule is CC(NC(=O)COc1ccc(Cl)cc1Cl)c1nc2ccccc2[nH]1. The summed E-state index contributed by atoms with van der Waals surface area (Å²) in [5.41, 5.74) is 1.79. The van der Waals surface area contributed by atoms with E-state index >= 15 is 0 Å². The maximum absolute atomic E-state index is 12.0. The lowest BCUT2D eigenvalue weighted by molar-refractivity contribution is -0.123. The Kier molecular flexibility index (Phi) is 4.92. The summed E-state index contributed by atoms with van der Waals surface area (Å²) in [5, 5.41) is 3.70. The van der Waals surface area contributed by atoms with Gasteiger partial charge in [-0.2, -0.15) is 0 Å². The van der Waals surface area contributed by atoms with Gasteiger partial charge in [0.25, 0.3) is 5.91 Å². The van der Waals surface area contributed by atoms with Crippen molar-refractivity contribution in [2.75, 3.05) is 6.61 Å². The molecule has 0 radical (unpaired) electrons. The number of nitrogens with one attached hydrogen (secondary N) is 2. The number of fused-ring (bicyclic) bond motifs is 1. The standard InChI is InChI=1S/C17H15Cl2N3O2/c1-10(17-21-13-4-2-3-5-14(13)22-17)20-16(23)9-24-15-7-6-11(18)8-12(15)19/h2-8,10H,9H2,1H3,(H,20,23)(H,21,22). The minimum atomic E-state index is -0.269. The second-order valence-electron chi connectivity index (χ2n) is 5.29. The van der Waals surface area contributed by atoms with Gasteiger partial charge in [-0.3, -0.25) is 4.79 Å². The second kappa shape index (κ2) is 7.11. The lowest BCUT2D eigenvalue weighted by atomic mass is 10.3. The van der Waals surface area contributed by atoms with Crippen molar-refractivity contribution in [1.82, 2.24) is 15.3 Å². The molecule has 0 bridgehead atoms. The summed E-state index contributed by atoms with van der Waals surface area (Å²) >= 11 is 11.8. The quantitative estimate of drug-likeness (QED) is 0.716. The van der Waals surface area contributed by atoms with Crippen molar-refractivity contribution >= 4 is 40.1 Å². The Bertz CT molecular complexity index is 846. The van der Waals surface area contributed by atoms with Gasteiger partial charge in [0.05, 0.1) is 22.1 Å². The number of ether oxygens (including phenoxy) is 1. The molecule has 0 aliphatic heterocycles. The van der Waals surface area contributed by atoms with Crippen molar-refractivity contribution in [3.05, 3.63) is 58.3 Å². The molecule has 3 rings (SSSR count). The van der Waals surface area contributed by atoms with Crippen LogP contribution in [0.15, 0.2) is 42.5 Å². The molecule has 1 atom stereocenters. The molecule has 2 aromatic carbocycles. The number of H-pyrrole nitrogens is 1. The van der Waals surface area contributed by atoms with E-state index in [2.05, 4.69) is 15.3 Å². The first-order valence-electron chi connectivity index (χ1n) is 7.35. The predicted octanol–water partition coefficient (Wildman–Crippen LogP) is 4.13. The highest BCUT2D eigenvalue weighted by Crippen LogP contribution is 2.27. The molecule has 2 N–H and O–H groups in total. The molecule has 24 heavy (non-hydrogen) atoms. The Morgan fingerprint density at radius 1 is 1.29 bits per heavy atom. The predicted molar refractivity (Wildman–Crippen MR) is 94.6 cm³/mol. The van der Waals surface area contributed by atoms with E-state index in [-0.39, 0.29) is 18.6 Å². The van der Waals surface area contributed by atoms with Gasteiger partial charge in [-0.25, -0.2) is 4.98 Å². The molecule has 124 valence electrons. The van der Waals surface area contributed by atoms with Crippen LogP contribution in [0.5, 0.6) is 5.75 Å². The van der Waals surface area contributed by atoms with E-state index in [1.807, 2.05) is 31.2 Å². The number of rotatable bonds is 5. The first kappa shape index (κ1) is 16.6. The average molecular weight is 364 g/mol. The molecule has 0 spiro atoms. The highest BCUT2D eigenvalue weighted by atomic mass is 35.5. The summed E-state index contributed by atoms with van der Waals surface area (Å²) in [6.07, 6.45) is 0. The number of imidazole rings is 1. The molecule has 1 heterocycles. The number of aromatic nitrogens is 2. The smallest absolute Gasteiger partial charge is 0.258 e. The fourth-order valence-corrected chi connectivity index (χ4v) is 2.73. The van der Waals surface area contributed by atoms with Crippen LogP contribution in [-0.2, 0) is 4.79 Å². The summed E-state index contributed by atoms with van der Waals surface area (Å²) in [5.74, 6) is 0.829. The van der Waals surface area contributed by atoms with Gasteiger partial charge in [0, 0.05) is 5.02 Å². The van der Waals surface area contributed by atoms with E-state index in [0.717, 1.165) is 11.0 Å². The van der Waals surface area contributed by atoms with Crippen LogP contribution in [0.2, 0.25) is 10.0 Å². The molecule has 1 unspecified atom stereocenters. The van der Waals surface area contributed by atoms with Crippen LogP contribution in [0.25, 0.3) is 11.0 Å². The number of aromatic amines is 1. The molecule has 0 aliphatic rings. The fourth-order valence-electron chi connectivity index (χ4n) is 2.26. The van der Waals surface area contributed by atoms with Crippen LogP contribution in [0.3, 0.4) is 0 Å². The normalized spacial score (nSPS) is 12.1. The lowest BCUT2D eigenvalue weighted by Gasteiger charge is -2.12. The third kappa shape index (κ3) is 3.80. The summed E-state index contributed by atoms with van der Waals surface area (Å²) in [4.78, 5) is 19.7. The van der Waals surface area contributed by atoms with Gasteiger partial charge in [-0.05, 0) is 37.3 Å². The van der Waals surface area contributed by atoms with Crippen molar-refractivity contribution in [3.8, 4) is 5.75 Å². The van der Waals surface area contributed by atoms with Crippen LogP contribution in [0.1, 0.15) is 18.8 Å². The van der Waals surface area contributed by atoms with E-state index in [9.17, 15) is 4.79 Å². The molecule has 5 nitrogen and oxygen atoms in total. The Morgan fingerprint density at radius 2 is 2.08 bits per heavy atom. The first-order valence-corrected chi connectivity index (χ1v) is 8.10. The number of carbonyl (C=O) groups is 1. The minimum Gasteiger partial charge on any atom is -0.482 e. The van der Waals surface area contributed by atoms with Gasteiger partial charge in [0.15, 0.2) is 6.61 Å². The molecule has 1 amide bonds. The van der Waals surface area contributed by atoms with Crippen LogP contribution in [0.4, 0.5) is 0 Å². The van der Waals surface area contributed by atoms with Gasteiger partial charge in [-0.15, -0.1) is 0 Å². The number of halogens is 2. The van der Waals surface area contributed by atoms with Gasteiger partial charge >= 0.3 is 0 Å². The Hall–Kier alpha value is -2.24. The summed E-state index contributed by atoms with van der Waals surface area (Å²) in [6.45, 7) is 1.71. The van der Waals surface area contributed by atoms with Crippen molar-refractivity contribution < 1.29 is 9.53 Å². The largest absolute Gasteiger partial charge is 0.482 e. The summed E-state index contributed by atoms with van der Waals surface area (Å²) in [7, 11) is 0. The number of nitrogens with zero attached hydrogens (tertiary/aromatic N) is 1. The van der Waals surface area contributed by atoms with Crippen LogP contribution in [-0.4, -0.2) is 22.5 Å². The summed E-state index contributed by atoms with van der Waals surface area (Å²) in [6, 6.07) is 12.3. The third-order valence-corrected chi connectivity index (χ3v) is 3.98. The minimum absolute atomic E-state index is 0.147. The number of hydrogen-bond donors (Lipinski definition) is 2. The maximum Gasteiger partial charge on any atom is 0.258 e. The van der Waals surface area contributed by atoms with E-state index in [0.29, 0.717) is 21.6 Å². The van der Waals surface area contributed by atoms with Gasteiger partial charge < -0.3 is 15.0 Å². The Morgan fingerprint density at radius 3 is 2.83 bits per heavy atom. The zero-order valence-electron chi connectivity index (χ0n) is 12.8. The molecule has 3 aromatic rings. The van der Waals surface area contributed by atoms with Crippen molar-refractivity contribution in [2.45, 2.75) is 13.0 Å². The zero-order valence-corrected chi connectivity index (χ0v) is 14.4. The molecular formula is C17H15Cl2N3O2.